The molecule has 0 heterocycles. The van der Waals surface area contributed by atoms with Crippen LogP contribution in [0.25, 0.3) is 0 Å². The molecule has 20 heavy (non-hydrogen) atoms. The highest BCUT2D eigenvalue weighted by molar-refractivity contribution is 5.98. The predicted octanol–water partition coefficient (Wildman–Crippen LogP) is 4.48. The standard InChI is InChI=1S/C18H20O2/c1-4-17(19)16-11-14(3)8-9-18(16)20-12-15-7-5-6-13(2)10-15/h5-11H,4,12H2,1-3H3. The van der Waals surface area contributed by atoms with Gasteiger partial charge in [-0.2, -0.15) is 0 Å². The Labute approximate surface area is 120 Å². The Morgan fingerprint density at radius 3 is 2.50 bits per heavy atom. The fraction of sp³-hybridized carbons (Fsp3) is 0.278. The minimum atomic E-state index is 0.118. The molecule has 0 fully saturated rings. The van der Waals surface area contributed by atoms with Crippen molar-refractivity contribution >= 4 is 5.78 Å². The lowest BCUT2D eigenvalue weighted by Crippen LogP contribution is -2.04. The largest absolute Gasteiger partial charge is 0.488 e. The van der Waals surface area contributed by atoms with Crippen molar-refractivity contribution < 1.29 is 9.53 Å². The van der Waals surface area contributed by atoms with Crippen LogP contribution in [0.5, 0.6) is 5.75 Å². The first-order valence-electron chi connectivity index (χ1n) is 6.92. The highest BCUT2D eigenvalue weighted by atomic mass is 16.5. The summed E-state index contributed by atoms with van der Waals surface area (Å²) in [5.74, 6) is 0.789. The fourth-order valence-electron chi connectivity index (χ4n) is 2.14. The number of carbonyl (C=O) groups is 1. The lowest BCUT2D eigenvalue weighted by molar-refractivity contribution is 0.0983. The van der Waals surface area contributed by atoms with E-state index in [-0.39, 0.29) is 5.78 Å². The van der Waals surface area contributed by atoms with Crippen LogP contribution < -0.4 is 4.74 Å². The summed E-state index contributed by atoms with van der Waals surface area (Å²) in [5, 5.41) is 0. The summed E-state index contributed by atoms with van der Waals surface area (Å²) in [6.07, 6.45) is 0.490. The zero-order chi connectivity index (χ0) is 14.5. The van der Waals surface area contributed by atoms with Crippen molar-refractivity contribution in [2.45, 2.75) is 33.8 Å². The maximum Gasteiger partial charge on any atom is 0.166 e. The normalized spacial score (nSPS) is 10.3. The predicted molar refractivity (Wildman–Crippen MR) is 81.3 cm³/mol. The third-order valence-corrected chi connectivity index (χ3v) is 3.23. The van der Waals surface area contributed by atoms with Gasteiger partial charge in [0.1, 0.15) is 12.4 Å². The van der Waals surface area contributed by atoms with E-state index in [0.29, 0.717) is 24.3 Å². The van der Waals surface area contributed by atoms with E-state index in [4.69, 9.17) is 4.74 Å². The Kier molecular flexibility index (Phi) is 4.57. The molecule has 2 heteroatoms. The quantitative estimate of drug-likeness (QED) is 0.748. The number of ether oxygens (including phenoxy) is 1. The van der Waals surface area contributed by atoms with Crippen LogP contribution in [0.1, 0.15) is 40.4 Å². The molecule has 2 aromatic rings. The van der Waals surface area contributed by atoms with E-state index >= 15 is 0 Å². The van der Waals surface area contributed by atoms with Crippen molar-refractivity contribution in [2.24, 2.45) is 0 Å². The lowest BCUT2D eigenvalue weighted by Gasteiger charge is -2.11. The van der Waals surface area contributed by atoms with Gasteiger partial charge in [-0.3, -0.25) is 4.79 Å². The topological polar surface area (TPSA) is 26.3 Å². The average Bonchev–Trinajstić information content (AvgIpc) is 2.45. The Morgan fingerprint density at radius 2 is 1.80 bits per heavy atom. The van der Waals surface area contributed by atoms with Crippen LogP contribution >= 0.6 is 0 Å². The smallest absolute Gasteiger partial charge is 0.166 e. The molecule has 0 radical (unpaired) electrons. The molecule has 0 aliphatic carbocycles. The summed E-state index contributed by atoms with van der Waals surface area (Å²) in [5.41, 5.74) is 4.07. The van der Waals surface area contributed by atoms with Crippen LogP contribution in [0.15, 0.2) is 42.5 Å². The van der Waals surface area contributed by atoms with Crippen LogP contribution in [0.3, 0.4) is 0 Å². The summed E-state index contributed by atoms with van der Waals surface area (Å²) < 4.78 is 5.84. The van der Waals surface area contributed by atoms with E-state index < -0.39 is 0 Å². The minimum absolute atomic E-state index is 0.118. The zero-order valence-electron chi connectivity index (χ0n) is 12.3. The molecular formula is C18H20O2. The maximum atomic E-state index is 12.0. The molecule has 0 unspecified atom stereocenters. The van der Waals surface area contributed by atoms with Gasteiger partial charge in [0.25, 0.3) is 0 Å². The molecule has 0 saturated carbocycles. The molecular weight excluding hydrogens is 248 g/mol. The maximum absolute atomic E-state index is 12.0. The van der Waals surface area contributed by atoms with Gasteiger partial charge in [-0.1, -0.05) is 48.4 Å². The van der Waals surface area contributed by atoms with Gasteiger partial charge in [0.2, 0.25) is 0 Å². The molecule has 2 aromatic carbocycles. The third kappa shape index (κ3) is 3.47. The van der Waals surface area contributed by atoms with E-state index in [1.807, 2.05) is 44.2 Å². The summed E-state index contributed by atoms with van der Waals surface area (Å²) in [6, 6.07) is 13.9. The number of benzene rings is 2. The Bertz CT molecular complexity index is 615. The third-order valence-electron chi connectivity index (χ3n) is 3.23. The van der Waals surface area contributed by atoms with Crippen LogP contribution in [0, 0.1) is 13.8 Å². The van der Waals surface area contributed by atoms with Crippen LogP contribution in [0.2, 0.25) is 0 Å². The van der Waals surface area contributed by atoms with Gasteiger partial charge in [0.15, 0.2) is 5.78 Å². The van der Waals surface area contributed by atoms with Gasteiger partial charge in [0.05, 0.1) is 5.56 Å². The van der Waals surface area contributed by atoms with E-state index in [2.05, 4.69) is 19.1 Å². The van der Waals surface area contributed by atoms with Gasteiger partial charge in [-0.15, -0.1) is 0 Å². The Morgan fingerprint density at radius 1 is 1.05 bits per heavy atom. The Hall–Kier alpha value is -2.09. The Balaban J connectivity index is 2.19. The molecule has 2 rings (SSSR count). The molecule has 0 aliphatic heterocycles. The molecule has 0 saturated heterocycles. The van der Waals surface area contributed by atoms with Crippen molar-refractivity contribution in [1.29, 1.82) is 0 Å². The number of carbonyl (C=O) groups excluding carboxylic acids is 1. The van der Waals surface area contributed by atoms with Gasteiger partial charge in [0, 0.05) is 6.42 Å². The number of hydrogen-bond donors (Lipinski definition) is 0. The summed E-state index contributed by atoms with van der Waals surface area (Å²) in [7, 11) is 0. The molecule has 0 spiro atoms. The van der Waals surface area contributed by atoms with E-state index in [1.54, 1.807) is 0 Å². The second-order valence-electron chi connectivity index (χ2n) is 5.05. The molecule has 0 aliphatic rings. The number of hydrogen-bond acceptors (Lipinski definition) is 2. The van der Waals surface area contributed by atoms with Crippen LogP contribution in [-0.4, -0.2) is 5.78 Å². The molecule has 0 aromatic heterocycles. The lowest BCUT2D eigenvalue weighted by atomic mass is 10.0. The minimum Gasteiger partial charge on any atom is -0.488 e. The highest BCUT2D eigenvalue weighted by Crippen LogP contribution is 2.23. The number of Topliss-reactive ketones (excluding diaryl/α,β-unsaturated/α-hetero) is 1. The molecule has 0 bridgehead atoms. The monoisotopic (exact) mass is 268 g/mol. The van der Waals surface area contributed by atoms with Gasteiger partial charge in [-0.05, 0) is 31.5 Å². The molecule has 0 atom stereocenters. The van der Waals surface area contributed by atoms with Crippen molar-refractivity contribution in [2.75, 3.05) is 0 Å². The van der Waals surface area contributed by atoms with E-state index in [9.17, 15) is 4.79 Å². The summed E-state index contributed by atoms with van der Waals surface area (Å²) >= 11 is 0. The first kappa shape index (κ1) is 14.3. The second kappa shape index (κ2) is 6.38. The first-order valence-corrected chi connectivity index (χ1v) is 6.92. The number of ketones is 1. The van der Waals surface area contributed by atoms with Crippen molar-refractivity contribution in [3.05, 3.63) is 64.7 Å². The fourth-order valence-corrected chi connectivity index (χ4v) is 2.14. The highest BCUT2D eigenvalue weighted by Gasteiger charge is 2.11. The van der Waals surface area contributed by atoms with Crippen molar-refractivity contribution in [3.8, 4) is 5.75 Å². The second-order valence-corrected chi connectivity index (χ2v) is 5.05. The van der Waals surface area contributed by atoms with Crippen LogP contribution in [0.4, 0.5) is 0 Å². The van der Waals surface area contributed by atoms with Gasteiger partial charge >= 0.3 is 0 Å². The molecule has 2 nitrogen and oxygen atoms in total. The molecule has 104 valence electrons. The average molecular weight is 268 g/mol. The molecule has 0 amide bonds. The SMILES string of the molecule is CCC(=O)c1cc(C)ccc1OCc1cccc(C)c1. The molecule has 0 N–H and O–H groups in total. The zero-order valence-corrected chi connectivity index (χ0v) is 12.3. The van der Waals surface area contributed by atoms with Gasteiger partial charge < -0.3 is 4.74 Å². The van der Waals surface area contributed by atoms with Crippen LogP contribution in [-0.2, 0) is 6.61 Å². The summed E-state index contributed by atoms with van der Waals surface area (Å²) in [6.45, 7) is 6.39. The summed E-state index contributed by atoms with van der Waals surface area (Å²) in [4.78, 5) is 12.0. The van der Waals surface area contributed by atoms with Gasteiger partial charge in [-0.25, -0.2) is 0 Å². The first-order chi connectivity index (χ1) is 9.60. The van der Waals surface area contributed by atoms with E-state index in [1.165, 1.54) is 5.56 Å². The number of aryl methyl sites for hydroxylation is 2. The number of rotatable bonds is 5. The van der Waals surface area contributed by atoms with Crippen molar-refractivity contribution in [3.63, 3.8) is 0 Å². The van der Waals surface area contributed by atoms with E-state index in [0.717, 1.165) is 11.1 Å². The van der Waals surface area contributed by atoms with Crippen molar-refractivity contribution in [1.82, 2.24) is 0 Å².